The topological polar surface area (TPSA) is 51.3 Å². The second-order valence-electron chi connectivity index (χ2n) is 3.22. The molecule has 2 N–H and O–H groups in total. The third kappa shape index (κ3) is 1.33. The molecule has 0 saturated heterocycles. The Kier molecular flexibility index (Phi) is 2.06. The van der Waals surface area contributed by atoms with Crippen LogP contribution >= 0.6 is 0 Å². The zero-order valence-electron chi connectivity index (χ0n) is 7.44. The molecule has 2 heterocycles. The second-order valence-corrected chi connectivity index (χ2v) is 3.22. The van der Waals surface area contributed by atoms with E-state index in [2.05, 4.69) is 0 Å². The standard InChI is InChI=1S/C9H13N3O/c10-4-2-5-11-7-8-3-1-6-12(8)9(11)13/h1,3,6H,2,4-5,7,10H2. The zero-order chi connectivity index (χ0) is 9.26. The van der Waals surface area contributed by atoms with Crippen molar-refractivity contribution in [1.82, 2.24) is 9.47 Å². The molecule has 0 unspecified atom stereocenters. The highest BCUT2D eigenvalue weighted by Crippen LogP contribution is 2.16. The zero-order valence-corrected chi connectivity index (χ0v) is 7.44. The van der Waals surface area contributed by atoms with E-state index in [0.29, 0.717) is 6.54 Å². The average Bonchev–Trinajstić information content (AvgIpc) is 2.67. The number of aromatic nitrogens is 1. The third-order valence-electron chi connectivity index (χ3n) is 2.29. The normalized spacial score (nSPS) is 15.2. The highest BCUT2D eigenvalue weighted by atomic mass is 16.2. The number of hydrogen-bond acceptors (Lipinski definition) is 2. The lowest BCUT2D eigenvalue weighted by Crippen LogP contribution is -2.28. The van der Waals surface area contributed by atoms with Crippen LogP contribution in [0.5, 0.6) is 0 Å². The molecule has 0 spiro atoms. The van der Waals surface area contributed by atoms with Crippen LogP contribution in [0.1, 0.15) is 12.1 Å². The van der Waals surface area contributed by atoms with E-state index >= 15 is 0 Å². The van der Waals surface area contributed by atoms with Gasteiger partial charge in [0, 0.05) is 18.4 Å². The third-order valence-corrected chi connectivity index (χ3v) is 2.29. The Balaban J connectivity index is 2.06. The first kappa shape index (κ1) is 8.31. The summed E-state index contributed by atoms with van der Waals surface area (Å²) in [5, 5.41) is 0. The molecule has 0 fully saturated rings. The molecule has 4 heteroatoms. The Hall–Kier alpha value is -1.29. The number of carbonyl (C=O) groups excluding carboxylic acids is 1. The Labute approximate surface area is 76.9 Å². The SMILES string of the molecule is NCCCN1Cc2cccn2C1=O. The summed E-state index contributed by atoms with van der Waals surface area (Å²) in [5.41, 5.74) is 6.46. The Morgan fingerprint density at radius 2 is 2.38 bits per heavy atom. The molecule has 1 aliphatic heterocycles. The molecule has 0 radical (unpaired) electrons. The number of hydrogen-bond donors (Lipinski definition) is 1. The highest BCUT2D eigenvalue weighted by molar-refractivity contribution is 5.80. The van der Waals surface area contributed by atoms with Gasteiger partial charge in [-0.1, -0.05) is 0 Å². The molecule has 0 bridgehead atoms. The molecule has 1 aromatic rings. The summed E-state index contributed by atoms with van der Waals surface area (Å²) in [7, 11) is 0. The number of rotatable bonds is 3. The monoisotopic (exact) mass is 179 g/mol. The van der Waals surface area contributed by atoms with Crippen molar-refractivity contribution in [3.63, 3.8) is 0 Å². The summed E-state index contributed by atoms with van der Waals surface area (Å²) in [6.07, 6.45) is 2.68. The Morgan fingerprint density at radius 1 is 1.54 bits per heavy atom. The van der Waals surface area contributed by atoms with Crippen LogP contribution in [0.2, 0.25) is 0 Å². The summed E-state index contributed by atoms with van der Waals surface area (Å²) in [6, 6.07) is 3.95. The van der Waals surface area contributed by atoms with E-state index in [1.54, 1.807) is 10.8 Å². The quantitative estimate of drug-likeness (QED) is 0.739. The number of nitrogens with two attached hydrogens (primary N) is 1. The minimum absolute atomic E-state index is 0.0773. The van der Waals surface area contributed by atoms with E-state index in [1.807, 2.05) is 17.0 Å². The predicted molar refractivity (Wildman–Crippen MR) is 49.3 cm³/mol. The van der Waals surface area contributed by atoms with Gasteiger partial charge in [-0.25, -0.2) is 4.79 Å². The van der Waals surface area contributed by atoms with Crippen molar-refractivity contribution in [3.05, 3.63) is 24.0 Å². The van der Waals surface area contributed by atoms with Gasteiger partial charge in [0.05, 0.1) is 6.54 Å². The number of carbonyl (C=O) groups is 1. The van der Waals surface area contributed by atoms with Crippen LogP contribution in [0.4, 0.5) is 4.79 Å². The number of amides is 1. The van der Waals surface area contributed by atoms with Crippen LogP contribution in [-0.2, 0) is 6.54 Å². The van der Waals surface area contributed by atoms with Gasteiger partial charge in [0.2, 0.25) is 0 Å². The number of nitrogens with zero attached hydrogens (tertiary/aromatic N) is 2. The fourth-order valence-corrected chi connectivity index (χ4v) is 1.60. The van der Waals surface area contributed by atoms with Crippen molar-refractivity contribution in [1.29, 1.82) is 0 Å². The van der Waals surface area contributed by atoms with Gasteiger partial charge in [-0.15, -0.1) is 0 Å². The fraction of sp³-hybridized carbons (Fsp3) is 0.444. The molecular weight excluding hydrogens is 166 g/mol. The average molecular weight is 179 g/mol. The van der Waals surface area contributed by atoms with Crippen molar-refractivity contribution in [2.75, 3.05) is 13.1 Å². The summed E-state index contributed by atoms with van der Waals surface area (Å²) in [4.78, 5) is 13.4. The van der Waals surface area contributed by atoms with Crippen LogP contribution in [0.25, 0.3) is 0 Å². The molecule has 70 valence electrons. The molecule has 2 rings (SSSR count). The van der Waals surface area contributed by atoms with Gasteiger partial charge in [0.25, 0.3) is 0 Å². The van der Waals surface area contributed by atoms with E-state index in [1.165, 1.54) is 0 Å². The van der Waals surface area contributed by atoms with Crippen molar-refractivity contribution in [3.8, 4) is 0 Å². The maximum atomic E-state index is 11.6. The first-order valence-electron chi connectivity index (χ1n) is 4.48. The highest BCUT2D eigenvalue weighted by Gasteiger charge is 2.24. The van der Waals surface area contributed by atoms with Crippen LogP contribution in [0.3, 0.4) is 0 Å². The van der Waals surface area contributed by atoms with Crippen LogP contribution in [-0.4, -0.2) is 28.6 Å². The van der Waals surface area contributed by atoms with Crippen molar-refractivity contribution in [2.45, 2.75) is 13.0 Å². The van der Waals surface area contributed by atoms with Gasteiger partial charge in [0.15, 0.2) is 0 Å². The minimum atomic E-state index is 0.0773. The summed E-state index contributed by atoms with van der Waals surface area (Å²) in [5.74, 6) is 0. The number of fused-ring (bicyclic) bond motifs is 1. The van der Waals surface area contributed by atoms with E-state index in [9.17, 15) is 4.79 Å². The first-order valence-corrected chi connectivity index (χ1v) is 4.48. The maximum Gasteiger partial charge on any atom is 0.328 e. The van der Waals surface area contributed by atoms with Gasteiger partial charge < -0.3 is 10.6 Å². The van der Waals surface area contributed by atoms with Crippen molar-refractivity contribution < 1.29 is 4.79 Å². The molecule has 1 amide bonds. The maximum absolute atomic E-state index is 11.6. The molecule has 4 nitrogen and oxygen atoms in total. The first-order chi connectivity index (χ1) is 6.33. The molecule has 0 aliphatic carbocycles. The molecule has 1 aromatic heterocycles. The minimum Gasteiger partial charge on any atom is -0.330 e. The predicted octanol–water partition coefficient (Wildman–Crippen LogP) is 0.621. The van der Waals surface area contributed by atoms with E-state index in [0.717, 1.165) is 25.2 Å². The molecule has 1 aliphatic rings. The summed E-state index contributed by atoms with van der Waals surface area (Å²) in [6.45, 7) is 2.13. The second kappa shape index (κ2) is 3.22. The lowest BCUT2D eigenvalue weighted by molar-refractivity contribution is 0.209. The van der Waals surface area contributed by atoms with Gasteiger partial charge >= 0.3 is 6.03 Å². The van der Waals surface area contributed by atoms with Crippen LogP contribution in [0.15, 0.2) is 18.3 Å². The molecule has 0 atom stereocenters. The lowest BCUT2D eigenvalue weighted by Gasteiger charge is -2.13. The summed E-state index contributed by atoms with van der Waals surface area (Å²) >= 11 is 0. The summed E-state index contributed by atoms with van der Waals surface area (Å²) < 4.78 is 1.69. The Morgan fingerprint density at radius 3 is 3.08 bits per heavy atom. The van der Waals surface area contributed by atoms with E-state index in [-0.39, 0.29) is 6.03 Å². The van der Waals surface area contributed by atoms with Crippen molar-refractivity contribution in [2.24, 2.45) is 5.73 Å². The molecule has 0 saturated carbocycles. The van der Waals surface area contributed by atoms with Gasteiger partial charge in [-0.3, -0.25) is 4.57 Å². The fourth-order valence-electron chi connectivity index (χ4n) is 1.60. The van der Waals surface area contributed by atoms with Crippen LogP contribution < -0.4 is 5.73 Å². The molecular formula is C9H13N3O. The van der Waals surface area contributed by atoms with Gasteiger partial charge in [-0.05, 0) is 25.1 Å². The lowest BCUT2D eigenvalue weighted by atomic mass is 10.3. The van der Waals surface area contributed by atoms with E-state index in [4.69, 9.17) is 5.73 Å². The van der Waals surface area contributed by atoms with Gasteiger partial charge in [0.1, 0.15) is 0 Å². The Bertz CT molecular complexity index is 318. The smallest absolute Gasteiger partial charge is 0.328 e. The molecule has 13 heavy (non-hydrogen) atoms. The largest absolute Gasteiger partial charge is 0.330 e. The van der Waals surface area contributed by atoms with Gasteiger partial charge in [-0.2, -0.15) is 0 Å². The van der Waals surface area contributed by atoms with Crippen LogP contribution in [0, 0.1) is 0 Å². The van der Waals surface area contributed by atoms with Crippen molar-refractivity contribution >= 4 is 6.03 Å². The van der Waals surface area contributed by atoms with E-state index < -0.39 is 0 Å². The molecule has 0 aromatic carbocycles.